The van der Waals surface area contributed by atoms with Crippen LogP contribution in [0.3, 0.4) is 0 Å². The van der Waals surface area contributed by atoms with Gasteiger partial charge in [0.25, 0.3) is 0 Å². The van der Waals surface area contributed by atoms with E-state index in [1.807, 2.05) is 18.2 Å². The minimum Gasteiger partial charge on any atom is -0.297 e. The third-order valence-electron chi connectivity index (χ3n) is 4.35. The predicted octanol–water partition coefficient (Wildman–Crippen LogP) is 2.50. The van der Waals surface area contributed by atoms with E-state index < -0.39 is 9.84 Å². The minimum absolute atomic E-state index is 0.148. The van der Waals surface area contributed by atoms with Crippen molar-refractivity contribution in [1.82, 2.24) is 4.90 Å². The molecule has 2 aliphatic heterocycles. The van der Waals surface area contributed by atoms with Gasteiger partial charge in [0.15, 0.2) is 9.84 Å². The zero-order valence-corrected chi connectivity index (χ0v) is 12.5. The molecule has 2 aromatic rings. The van der Waals surface area contributed by atoms with Crippen molar-refractivity contribution in [2.24, 2.45) is 0 Å². The molecule has 1 saturated heterocycles. The second-order valence-corrected chi connectivity index (χ2v) is 8.47. The molecule has 2 atom stereocenters. The molecular weight excluding hydrogens is 290 g/mol. The molecule has 0 amide bonds. The van der Waals surface area contributed by atoms with Crippen LogP contribution in [0, 0.1) is 0 Å². The molecule has 1 aromatic heterocycles. The summed E-state index contributed by atoms with van der Waals surface area (Å²) in [5.74, 6) is 0.148. The summed E-state index contributed by atoms with van der Waals surface area (Å²) in [4.78, 5) is 2.83. The lowest BCUT2D eigenvalue weighted by Crippen LogP contribution is -2.25. The first-order valence-corrected chi connectivity index (χ1v) is 9.21. The smallest absolute Gasteiger partial charge is 0.183 e. The molecule has 104 valence electrons. The quantitative estimate of drug-likeness (QED) is 0.855. The number of hydrogen-bond donors (Lipinski definition) is 0. The molecule has 3 heterocycles. The molecule has 0 saturated carbocycles. The van der Waals surface area contributed by atoms with Crippen molar-refractivity contribution >= 4 is 21.2 Å². The lowest BCUT2D eigenvalue weighted by molar-refractivity contribution is 0.326. The summed E-state index contributed by atoms with van der Waals surface area (Å²) in [5, 5.41) is 3.95. The molecular formula is C15H15NO2S2. The molecule has 0 bridgehead atoms. The van der Waals surface area contributed by atoms with E-state index in [-0.39, 0.29) is 11.2 Å². The van der Waals surface area contributed by atoms with Crippen LogP contribution in [-0.4, -0.2) is 31.7 Å². The fraction of sp³-hybridized carbons (Fsp3) is 0.333. The van der Waals surface area contributed by atoms with Crippen LogP contribution in [-0.2, 0) is 16.4 Å². The summed E-state index contributed by atoms with van der Waals surface area (Å²) in [6.07, 6.45) is 0. The molecule has 0 spiro atoms. The number of thiophene rings is 1. The number of fused-ring (bicyclic) bond motifs is 3. The summed E-state index contributed by atoms with van der Waals surface area (Å²) in [5.41, 5.74) is 2.30. The molecule has 0 aliphatic carbocycles. The fourth-order valence-electron chi connectivity index (χ4n) is 3.44. The van der Waals surface area contributed by atoms with Crippen LogP contribution < -0.4 is 0 Å². The first-order valence-electron chi connectivity index (χ1n) is 6.72. The molecule has 0 unspecified atom stereocenters. The van der Waals surface area contributed by atoms with E-state index in [9.17, 15) is 8.42 Å². The van der Waals surface area contributed by atoms with Crippen LogP contribution in [0.15, 0.2) is 46.0 Å². The van der Waals surface area contributed by atoms with Gasteiger partial charge < -0.3 is 0 Å². The Morgan fingerprint density at radius 2 is 2.05 bits per heavy atom. The third-order valence-corrected chi connectivity index (χ3v) is 7.34. The van der Waals surface area contributed by atoms with Gasteiger partial charge >= 0.3 is 0 Å². The molecule has 0 radical (unpaired) electrons. The van der Waals surface area contributed by atoms with Gasteiger partial charge in [-0.05, 0) is 34.0 Å². The summed E-state index contributed by atoms with van der Waals surface area (Å²) < 4.78 is 25.2. The highest BCUT2D eigenvalue weighted by Crippen LogP contribution is 2.44. The van der Waals surface area contributed by atoms with Crippen LogP contribution in [0.25, 0.3) is 0 Å². The van der Waals surface area contributed by atoms with Gasteiger partial charge in [0, 0.05) is 25.6 Å². The van der Waals surface area contributed by atoms with Gasteiger partial charge in [0.05, 0.1) is 10.1 Å². The highest BCUT2D eigenvalue weighted by atomic mass is 32.2. The number of rotatable bonds is 2. The lowest BCUT2D eigenvalue weighted by atomic mass is 9.99. The summed E-state index contributed by atoms with van der Waals surface area (Å²) in [6, 6.07) is 9.61. The van der Waals surface area contributed by atoms with Gasteiger partial charge in [-0.1, -0.05) is 18.2 Å². The Balaban J connectivity index is 1.66. The van der Waals surface area contributed by atoms with Crippen LogP contribution in [0.1, 0.15) is 17.0 Å². The molecule has 2 aliphatic rings. The average molecular weight is 305 g/mol. The van der Waals surface area contributed by atoms with Crippen LogP contribution >= 0.6 is 11.3 Å². The van der Waals surface area contributed by atoms with Crippen LogP contribution in [0.2, 0.25) is 0 Å². The SMILES string of the molecule is O=S1(=O)c2ccccc2[C@@H]2CN(Cc3ccsc3)C[C@H]21. The van der Waals surface area contributed by atoms with Crippen molar-refractivity contribution in [3.63, 3.8) is 0 Å². The van der Waals surface area contributed by atoms with E-state index in [0.29, 0.717) is 11.4 Å². The van der Waals surface area contributed by atoms with E-state index in [1.54, 1.807) is 17.4 Å². The Morgan fingerprint density at radius 1 is 1.20 bits per heavy atom. The van der Waals surface area contributed by atoms with Crippen molar-refractivity contribution in [1.29, 1.82) is 0 Å². The first kappa shape index (κ1) is 12.6. The second kappa shape index (κ2) is 4.41. The van der Waals surface area contributed by atoms with Gasteiger partial charge in [0.2, 0.25) is 0 Å². The third kappa shape index (κ3) is 1.77. The molecule has 1 fully saturated rings. The molecule has 20 heavy (non-hydrogen) atoms. The normalized spacial score (nSPS) is 27.4. The van der Waals surface area contributed by atoms with E-state index in [4.69, 9.17) is 0 Å². The van der Waals surface area contributed by atoms with Crippen molar-refractivity contribution in [2.75, 3.05) is 13.1 Å². The van der Waals surface area contributed by atoms with Gasteiger partial charge in [-0.25, -0.2) is 8.42 Å². The van der Waals surface area contributed by atoms with Crippen molar-refractivity contribution in [3.05, 3.63) is 52.2 Å². The molecule has 1 aromatic carbocycles. The van der Waals surface area contributed by atoms with Crippen molar-refractivity contribution in [3.8, 4) is 0 Å². The number of sulfone groups is 1. The maximum atomic E-state index is 12.6. The standard InChI is InChI=1S/C15H15NO2S2/c17-20(18)14-4-2-1-3-12(14)13-8-16(9-15(13)20)7-11-5-6-19-10-11/h1-6,10,13,15H,7-9H2/t13-,15+/m0/s1. The number of hydrogen-bond acceptors (Lipinski definition) is 4. The number of benzene rings is 1. The Labute approximate surface area is 122 Å². The van der Waals surface area contributed by atoms with Crippen LogP contribution in [0.4, 0.5) is 0 Å². The molecule has 3 nitrogen and oxygen atoms in total. The minimum atomic E-state index is -3.13. The van der Waals surface area contributed by atoms with Gasteiger partial charge in [-0.2, -0.15) is 11.3 Å². The maximum absolute atomic E-state index is 12.6. The average Bonchev–Trinajstić information content (AvgIpc) is 3.12. The van der Waals surface area contributed by atoms with Gasteiger partial charge in [-0.15, -0.1) is 0 Å². The Bertz CT molecular complexity index is 737. The second-order valence-electron chi connectivity index (χ2n) is 5.55. The van der Waals surface area contributed by atoms with E-state index in [1.165, 1.54) is 5.56 Å². The largest absolute Gasteiger partial charge is 0.297 e. The van der Waals surface area contributed by atoms with Gasteiger partial charge in [0.1, 0.15) is 0 Å². The highest BCUT2D eigenvalue weighted by Gasteiger charge is 2.49. The van der Waals surface area contributed by atoms with Gasteiger partial charge in [-0.3, -0.25) is 4.90 Å². The lowest BCUT2D eigenvalue weighted by Gasteiger charge is -2.16. The van der Waals surface area contributed by atoms with E-state index >= 15 is 0 Å². The highest BCUT2D eigenvalue weighted by molar-refractivity contribution is 7.92. The predicted molar refractivity (Wildman–Crippen MR) is 79.8 cm³/mol. The monoisotopic (exact) mass is 305 g/mol. The van der Waals surface area contributed by atoms with E-state index in [2.05, 4.69) is 21.7 Å². The molecule has 5 heteroatoms. The topological polar surface area (TPSA) is 37.4 Å². The number of nitrogens with zero attached hydrogens (tertiary/aromatic N) is 1. The van der Waals surface area contributed by atoms with Crippen molar-refractivity contribution in [2.45, 2.75) is 22.6 Å². The Kier molecular flexibility index (Phi) is 2.77. The maximum Gasteiger partial charge on any atom is 0.183 e. The summed E-state index contributed by atoms with van der Waals surface area (Å²) >= 11 is 1.69. The fourth-order valence-corrected chi connectivity index (χ4v) is 6.32. The molecule has 4 rings (SSSR count). The van der Waals surface area contributed by atoms with Crippen molar-refractivity contribution < 1.29 is 8.42 Å². The number of likely N-dealkylation sites (tertiary alicyclic amines) is 1. The van der Waals surface area contributed by atoms with Crippen LogP contribution in [0.5, 0.6) is 0 Å². The van der Waals surface area contributed by atoms with E-state index in [0.717, 1.165) is 18.7 Å². The zero-order valence-electron chi connectivity index (χ0n) is 10.9. The Morgan fingerprint density at radius 3 is 2.85 bits per heavy atom. The zero-order chi connectivity index (χ0) is 13.7. The first-order chi connectivity index (χ1) is 9.66. The Hall–Kier alpha value is -1.17. The molecule has 0 N–H and O–H groups in total. The summed E-state index contributed by atoms with van der Waals surface area (Å²) in [7, 11) is -3.13. The summed E-state index contributed by atoms with van der Waals surface area (Å²) in [6.45, 7) is 2.35.